The summed E-state index contributed by atoms with van der Waals surface area (Å²) < 4.78 is 16.5. The second-order valence-corrected chi connectivity index (χ2v) is 11.7. The predicted octanol–water partition coefficient (Wildman–Crippen LogP) is 7.79. The van der Waals surface area contributed by atoms with Crippen molar-refractivity contribution in [3.8, 4) is 0 Å². The molecule has 0 aromatic carbocycles. The Bertz CT molecular complexity index is 453. The van der Waals surface area contributed by atoms with Gasteiger partial charge in [0.15, 0.2) is 0 Å². The van der Waals surface area contributed by atoms with Gasteiger partial charge >= 0.3 is 47.5 Å². The maximum atomic E-state index is 9.04. The van der Waals surface area contributed by atoms with Crippen LogP contribution in [0.5, 0.6) is 0 Å². The molecule has 0 rings (SSSR count). The van der Waals surface area contributed by atoms with E-state index in [-0.39, 0.29) is 48.1 Å². The molecule has 4 N–H and O–H groups in total. The summed E-state index contributed by atoms with van der Waals surface area (Å²) in [7, 11) is 0. The molecule has 0 saturated carbocycles. The number of aliphatic hydroxyl groups is 4. The van der Waals surface area contributed by atoms with Crippen molar-refractivity contribution in [1.29, 1.82) is 0 Å². The third-order valence-electron chi connectivity index (χ3n) is 6.76. The molecule has 8 heteroatoms. The van der Waals surface area contributed by atoms with E-state index in [0.717, 1.165) is 92.2 Å². The third-order valence-corrected chi connectivity index (χ3v) is 6.76. The van der Waals surface area contributed by atoms with Gasteiger partial charge in [0, 0.05) is 10.8 Å². The van der Waals surface area contributed by atoms with Crippen LogP contribution in [0.4, 0.5) is 0 Å². The summed E-state index contributed by atoms with van der Waals surface area (Å²) in [6, 6.07) is 0. The number of hydrogen-bond acceptors (Lipinski definition) is 6. The Labute approximate surface area is 274 Å². The van der Waals surface area contributed by atoms with Gasteiger partial charge in [-0.05, 0) is 19.3 Å². The topological polar surface area (TPSA) is 115 Å². The number of rotatable bonds is 16. The molecule has 0 radical (unpaired) electrons. The Morgan fingerprint density at radius 1 is 0.525 bits per heavy atom. The average molecular weight is 645 g/mol. The van der Waals surface area contributed by atoms with Crippen molar-refractivity contribution in [2.45, 2.75) is 132 Å². The van der Waals surface area contributed by atoms with Gasteiger partial charge in [0.25, 0.3) is 0 Å². The summed E-state index contributed by atoms with van der Waals surface area (Å²) in [5, 5.41) is 35.6. The van der Waals surface area contributed by atoms with Gasteiger partial charge in [0.05, 0.1) is 26.4 Å². The van der Waals surface area contributed by atoms with Crippen LogP contribution in [-0.4, -0.2) is 46.9 Å². The number of unbranched alkanes of at least 4 members (excludes halogenated alkanes) is 2. The van der Waals surface area contributed by atoms with Crippen LogP contribution >= 0.6 is 0 Å². The summed E-state index contributed by atoms with van der Waals surface area (Å²) in [5.74, 6) is 0. The van der Waals surface area contributed by atoms with E-state index in [4.69, 9.17) is 27.1 Å². The zero-order valence-electron chi connectivity index (χ0n) is 27.7. The summed E-state index contributed by atoms with van der Waals surface area (Å²) in [6.07, 6.45) is 13.0. The van der Waals surface area contributed by atoms with Crippen molar-refractivity contribution in [3.63, 3.8) is 0 Å². The molecule has 0 spiro atoms. The molecule has 0 aromatic heterocycles. The number of aliphatic hydroxyl groups excluding tert-OH is 4. The van der Waals surface area contributed by atoms with Crippen LogP contribution in [-0.2, 0) is 47.5 Å². The van der Waals surface area contributed by atoms with Gasteiger partial charge in [-0.2, -0.15) is 0 Å². The molecule has 0 saturated heterocycles. The van der Waals surface area contributed by atoms with Crippen molar-refractivity contribution in [2.75, 3.05) is 26.4 Å². The molecule has 240 valence electrons. The Hall–Kier alpha value is 0.869. The van der Waals surface area contributed by atoms with E-state index in [1.165, 1.54) is 25.7 Å². The third kappa shape index (κ3) is 41.0. The minimum atomic E-state index is -0.255. The van der Waals surface area contributed by atoms with Gasteiger partial charge in [-0.1, -0.05) is 87.0 Å². The molecule has 0 aliphatic rings. The molecule has 0 aromatic rings. The average Bonchev–Trinajstić information content (AvgIpc) is 2.95. The summed E-state index contributed by atoms with van der Waals surface area (Å²) in [4.78, 5) is 0. The molecule has 6 nitrogen and oxygen atoms in total. The Morgan fingerprint density at radius 2 is 0.900 bits per heavy atom. The van der Waals surface area contributed by atoms with Gasteiger partial charge in [0.2, 0.25) is 0 Å². The van der Waals surface area contributed by atoms with Gasteiger partial charge in [-0.15, -0.1) is 26.2 Å². The first-order valence-corrected chi connectivity index (χ1v) is 16.1. The molecule has 0 amide bonds. The first-order valence-electron chi connectivity index (χ1n) is 14.9. The molecule has 0 fully saturated rings. The van der Waals surface area contributed by atoms with E-state index in [1.807, 2.05) is 20.8 Å². The van der Waals surface area contributed by atoms with Gasteiger partial charge in [-0.25, -0.2) is 0 Å². The quantitative estimate of drug-likeness (QED) is 0.101. The van der Waals surface area contributed by atoms with E-state index >= 15 is 0 Å². The van der Waals surface area contributed by atoms with Crippen LogP contribution < -0.4 is 0 Å². The summed E-state index contributed by atoms with van der Waals surface area (Å²) in [5.41, 5.74) is -0.324. The van der Waals surface area contributed by atoms with E-state index in [1.54, 1.807) is 0 Å². The standard InChI is InChI=1S/C9H20O2.C9H18.C7H16O2.C7H14.2O.2Ti/c1-3-5-6-9(4-2,7-10)8-11;1-5-7-8-9(3,4)6-2;1-3-4-7(2,5-8)6-9;1-5-6-7(2,3)4;;;;/h10-11H,3-8H2,1-2H3;3-8H2,1-2H3;8-9H,3-6H2,1-2H3;2-3,5-6H2,1,4H3;;;;/q;-2;;-2;;;2*+2. The van der Waals surface area contributed by atoms with Crippen LogP contribution in [0.25, 0.3) is 0 Å². The molecule has 0 aliphatic carbocycles. The van der Waals surface area contributed by atoms with Crippen molar-refractivity contribution >= 4 is 0 Å². The molecule has 0 bridgehead atoms. The fourth-order valence-electron chi connectivity index (χ4n) is 3.30. The van der Waals surface area contributed by atoms with Gasteiger partial charge in [0.1, 0.15) is 0 Å². The monoisotopic (exact) mass is 644 g/mol. The van der Waals surface area contributed by atoms with Crippen molar-refractivity contribution in [1.82, 2.24) is 0 Å². The first-order chi connectivity index (χ1) is 18.6. The molecule has 0 heterocycles. The normalized spacial score (nSPS) is 11.1. The van der Waals surface area contributed by atoms with Gasteiger partial charge < -0.3 is 48.1 Å². The number of hydrogen-bond donors (Lipinski definition) is 4. The first kappa shape index (κ1) is 53.4. The molecular weight excluding hydrogens is 576 g/mol. The summed E-state index contributed by atoms with van der Waals surface area (Å²) in [6.45, 7) is 32.7. The minimum absolute atomic E-state index is 0.0503. The van der Waals surface area contributed by atoms with Crippen LogP contribution in [0.2, 0.25) is 0 Å². The maximum absolute atomic E-state index is 9.04. The molecule has 0 aliphatic heterocycles. The molecule has 40 heavy (non-hydrogen) atoms. The zero-order chi connectivity index (χ0) is 33.3. The van der Waals surface area contributed by atoms with Crippen LogP contribution in [0.3, 0.4) is 0 Å². The molecule has 0 unspecified atom stereocenters. The molecule has 0 atom stereocenters. The van der Waals surface area contributed by atoms with Crippen LogP contribution in [0, 0.1) is 49.4 Å². The Kier molecular flexibility index (Phi) is 48.2. The Morgan fingerprint density at radius 3 is 1.07 bits per heavy atom. The van der Waals surface area contributed by atoms with E-state index in [2.05, 4.69) is 62.3 Å². The Balaban J connectivity index is -0.0000000931. The zero-order valence-corrected chi connectivity index (χ0v) is 30.9. The fraction of sp³-hybridized carbons (Fsp3) is 0.875. The fourth-order valence-corrected chi connectivity index (χ4v) is 3.30. The SMILES string of the molecule is CCCC(C)(CO)CO.CCCCC(CC)(CO)CO.[CH2-]C([CH2-])(C)CCC.[CH2-]C([CH2-])(CC)CCCC.[O]=[Ti+2].[O]=[Ti+2]. The van der Waals surface area contributed by atoms with Crippen molar-refractivity contribution in [2.24, 2.45) is 21.7 Å². The van der Waals surface area contributed by atoms with E-state index in [0.29, 0.717) is 0 Å². The second kappa shape index (κ2) is 36.1. The van der Waals surface area contributed by atoms with Crippen molar-refractivity contribution in [3.05, 3.63) is 27.7 Å². The van der Waals surface area contributed by atoms with Crippen molar-refractivity contribution < 1.29 is 67.9 Å². The summed E-state index contributed by atoms with van der Waals surface area (Å²) >= 11 is 1.50. The van der Waals surface area contributed by atoms with E-state index in [9.17, 15) is 0 Å². The van der Waals surface area contributed by atoms with Crippen LogP contribution in [0.15, 0.2) is 0 Å². The van der Waals surface area contributed by atoms with Crippen LogP contribution in [0.1, 0.15) is 132 Å². The van der Waals surface area contributed by atoms with Gasteiger partial charge in [-0.3, -0.25) is 10.8 Å². The molecular formula is C32H68O6Ti2. The predicted molar refractivity (Wildman–Crippen MR) is 162 cm³/mol. The second-order valence-electron chi connectivity index (χ2n) is 11.7. The van der Waals surface area contributed by atoms with E-state index < -0.39 is 0 Å².